The molecule has 0 saturated carbocycles. The van der Waals surface area contributed by atoms with Gasteiger partial charge in [0, 0.05) is 34.2 Å². The van der Waals surface area contributed by atoms with E-state index in [2.05, 4.69) is 33.2 Å². The third-order valence-electron chi connectivity index (χ3n) is 15.9. The maximum Gasteiger partial charge on any atom is 0.407 e. The SMILES string of the molecule is C=CCOC(=O)C[C@H](NC(=O)OCC1c2ccccc2-c2ccccc21)C(=O)N[C@H](C(=O)N[C@@H](C)C(=O)Nc1ccc(COC(=O)N[C@H]2CCc3c(C)c(F)cc4nc5c(c2c34)Cn2c-5cc3c(c2=O)COC(=O)[C@]3(O)CC)cc1)C(C)C. The van der Waals surface area contributed by atoms with Gasteiger partial charge in [0.2, 0.25) is 17.7 Å². The van der Waals surface area contributed by atoms with Crippen molar-refractivity contribution in [1.29, 1.82) is 0 Å². The normalized spacial score (nSPS) is 17.3. The number of nitrogens with one attached hydrogen (secondary N) is 5. The summed E-state index contributed by atoms with van der Waals surface area (Å²) in [6.45, 7) is 11.0. The number of ether oxygens (including phenoxy) is 4. The monoisotopic (exact) mass is 1130 g/mol. The number of cyclic esters (lactones) is 1. The van der Waals surface area contributed by atoms with Gasteiger partial charge in [-0.3, -0.25) is 24.0 Å². The highest BCUT2D eigenvalue weighted by Crippen LogP contribution is 2.47. The number of hydrogen-bond acceptors (Lipinski definition) is 14. The molecule has 0 unspecified atom stereocenters. The molecule has 2 aliphatic carbocycles. The van der Waals surface area contributed by atoms with Crippen molar-refractivity contribution in [2.45, 2.75) is 116 Å². The second-order valence-corrected chi connectivity index (χ2v) is 21.5. The summed E-state index contributed by atoms with van der Waals surface area (Å²) in [5, 5.41) is 25.5. The van der Waals surface area contributed by atoms with Crippen LogP contribution >= 0.6 is 0 Å². The number of rotatable bonds is 18. The molecule has 2 aliphatic heterocycles. The molecule has 0 fully saturated rings. The number of esters is 2. The molecule has 4 aliphatic rings. The van der Waals surface area contributed by atoms with E-state index in [1.54, 1.807) is 58.0 Å². The number of halogens is 1. The third kappa shape index (κ3) is 11.0. The molecule has 4 aromatic carbocycles. The Morgan fingerprint density at radius 3 is 2.24 bits per heavy atom. The van der Waals surface area contributed by atoms with E-state index in [1.807, 2.05) is 48.5 Å². The van der Waals surface area contributed by atoms with Crippen LogP contribution in [0.1, 0.15) is 109 Å². The fourth-order valence-corrected chi connectivity index (χ4v) is 11.5. The highest BCUT2D eigenvalue weighted by molar-refractivity contribution is 5.99. The predicted octanol–water partition coefficient (Wildman–Crippen LogP) is 7.05. The second kappa shape index (κ2) is 23.3. The Balaban J connectivity index is 0.750. The van der Waals surface area contributed by atoms with Gasteiger partial charge in [-0.25, -0.2) is 23.8 Å². The topological polar surface area (TPSA) is 272 Å². The second-order valence-electron chi connectivity index (χ2n) is 21.5. The van der Waals surface area contributed by atoms with Crippen LogP contribution in [0.25, 0.3) is 33.4 Å². The molecule has 4 heterocycles. The first kappa shape index (κ1) is 57.0. The highest BCUT2D eigenvalue weighted by atomic mass is 19.1. The number of anilines is 1. The highest BCUT2D eigenvalue weighted by Gasteiger charge is 2.46. The Hall–Kier alpha value is -9.24. The average molecular weight is 1130 g/mol. The Bertz CT molecular complexity index is 3690. The zero-order valence-corrected chi connectivity index (χ0v) is 46.3. The molecule has 0 radical (unpaired) electrons. The number of fused-ring (bicyclic) bond motifs is 8. The summed E-state index contributed by atoms with van der Waals surface area (Å²) in [4.78, 5) is 112. The number of carbonyl (C=O) groups is 7. The molecule has 21 heteroatoms. The van der Waals surface area contributed by atoms with Gasteiger partial charge in [-0.15, -0.1) is 0 Å². The molecule has 0 bridgehead atoms. The van der Waals surface area contributed by atoms with E-state index in [-0.39, 0.29) is 56.4 Å². The summed E-state index contributed by atoms with van der Waals surface area (Å²) >= 11 is 0. The lowest BCUT2D eigenvalue weighted by Gasteiger charge is -2.31. The van der Waals surface area contributed by atoms with Gasteiger partial charge < -0.3 is 55.2 Å². The van der Waals surface area contributed by atoms with E-state index in [4.69, 9.17) is 23.9 Å². The molecule has 5 atom stereocenters. The number of benzene rings is 4. The third-order valence-corrected chi connectivity index (χ3v) is 15.9. The zero-order chi connectivity index (χ0) is 59.0. The van der Waals surface area contributed by atoms with Gasteiger partial charge in [0.25, 0.3) is 5.56 Å². The predicted molar refractivity (Wildman–Crippen MR) is 301 cm³/mol. The minimum Gasteiger partial charge on any atom is -0.461 e. The minimum absolute atomic E-state index is 0.0426. The summed E-state index contributed by atoms with van der Waals surface area (Å²) in [6, 6.07) is 20.4. The summed E-state index contributed by atoms with van der Waals surface area (Å²) in [5.41, 5.74) is 6.20. The van der Waals surface area contributed by atoms with E-state index >= 15 is 4.39 Å². The van der Waals surface area contributed by atoms with Crippen LogP contribution in [0.5, 0.6) is 0 Å². The Morgan fingerprint density at radius 1 is 0.867 bits per heavy atom. The van der Waals surface area contributed by atoms with Crippen LogP contribution in [0.4, 0.5) is 19.7 Å². The van der Waals surface area contributed by atoms with Crippen LogP contribution in [-0.4, -0.2) is 87.8 Å². The summed E-state index contributed by atoms with van der Waals surface area (Å²) < 4.78 is 38.6. The lowest BCUT2D eigenvalue weighted by molar-refractivity contribution is -0.172. The lowest BCUT2D eigenvalue weighted by Crippen LogP contribution is -2.57. The molecular formula is C62H62FN7O13. The molecule has 5 amide bonds. The fourth-order valence-electron chi connectivity index (χ4n) is 11.5. The number of carbonyl (C=O) groups excluding carboxylic acids is 7. The van der Waals surface area contributed by atoms with Crippen LogP contribution in [0.2, 0.25) is 0 Å². The van der Waals surface area contributed by atoms with Crippen LogP contribution in [0.15, 0.2) is 102 Å². The van der Waals surface area contributed by atoms with Crippen molar-refractivity contribution in [3.63, 3.8) is 0 Å². The van der Waals surface area contributed by atoms with Gasteiger partial charge in [0.1, 0.15) is 50.4 Å². The first-order valence-corrected chi connectivity index (χ1v) is 27.4. The maximum absolute atomic E-state index is 15.4. The minimum atomic E-state index is -2.05. The summed E-state index contributed by atoms with van der Waals surface area (Å²) in [7, 11) is 0. The van der Waals surface area contributed by atoms with E-state index in [0.29, 0.717) is 63.1 Å². The largest absolute Gasteiger partial charge is 0.461 e. The number of hydrogen-bond donors (Lipinski definition) is 6. The first-order valence-electron chi connectivity index (χ1n) is 27.4. The van der Waals surface area contributed by atoms with Gasteiger partial charge in [-0.2, -0.15) is 0 Å². The molecule has 20 nitrogen and oxygen atoms in total. The number of nitrogens with zero attached hydrogens (tertiary/aromatic N) is 2. The van der Waals surface area contributed by atoms with Crippen molar-refractivity contribution in [3.8, 4) is 22.5 Å². The molecule has 0 spiro atoms. The summed E-state index contributed by atoms with van der Waals surface area (Å²) in [5.74, 6) is -5.12. The molecule has 6 N–H and O–H groups in total. The van der Waals surface area contributed by atoms with Crippen molar-refractivity contribution < 1.29 is 62.0 Å². The zero-order valence-electron chi connectivity index (χ0n) is 46.3. The van der Waals surface area contributed by atoms with E-state index in [1.165, 1.54) is 23.6 Å². The van der Waals surface area contributed by atoms with Crippen LogP contribution < -0.4 is 32.1 Å². The van der Waals surface area contributed by atoms with Gasteiger partial charge in [-0.05, 0) is 102 Å². The molecular weight excluding hydrogens is 1070 g/mol. The van der Waals surface area contributed by atoms with Gasteiger partial charge in [0.15, 0.2) is 5.60 Å². The Morgan fingerprint density at radius 2 is 1.57 bits per heavy atom. The van der Waals surface area contributed by atoms with Crippen molar-refractivity contribution in [3.05, 3.63) is 164 Å². The van der Waals surface area contributed by atoms with Gasteiger partial charge in [0.05, 0.1) is 41.5 Å². The van der Waals surface area contributed by atoms with Crippen molar-refractivity contribution in [2.75, 3.05) is 18.5 Å². The van der Waals surface area contributed by atoms with E-state index in [0.717, 1.165) is 27.8 Å². The Labute approximate surface area is 476 Å². The first-order chi connectivity index (χ1) is 39.8. The maximum atomic E-state index is 15.4. The summed E-state index contributed by atoms with van der Waals surface area (Å²) in [6.07, 6.45) is -0.231. The van der Waals surface area contributed by atoms with Crippen molar-refractivity contribution in [1.82, 2.24) is 30.8 Å². The van der Waals surface area contributed by atoms with E-state index < -0.39 is 95.3 Å². The molecule has 0 saturated heterocycles. The molecule has 6 aromatic rings. The van der Waals surface area contributed by atoms with Crippen molar-refractivity contribution >= 4 is 58.4 Å². The lowest BCUT2D eigenvalue weighted by atomic mass is 9.81. The number of aliphatic hydroxyl groups is 1. The van der Waals surface area contributed by atoms with Crippen LogP contribution in [0, 0.1) is 18.7 Å². The molecule has 430 valence electrons. The average Bonchev–Trinajstić information content (AvgIpc) is 2.44. The molecule has 83 heavy (non-hydrogen) atoms. The van der Waals surface area contributed by atoms with E-state index in [9.17, 15) is 43.5 Å². The fraction of sp³-hybridized carbons (Fsp3) is 0.339. The van der Waals surface area contributed by atoms with Gasteiger partial charge in [-0.1, -0.05) is 94.1 Å². The standard InChI is InChI=1S/C62H62FN7O13/c1-7-23-80-50(71)26-48(68-61(78)83-29-42-39-15-11-9-13-37(39)38-14-10-12-16-40(38)42)56(73)69-53(31(3)4)57(74)64-33(6)55(72)65-35-19-17-34(18-20-35)28-82-60(77)67-46-22-21-36-32(5)45(63)25-47-51(36)52(46)41-27-70-49(54(41)66-47)24-44-43(58(70)75)30-81-59(76)62(44,79)8-2/h7,9-20,24-25,31,33,42,46,48,53,79H,1,8,21-23,26-30H2,2-6H3,(H,64,74)(H,65,72)(H,67,77)(H,68,78)(H,69,73)/t33-,46-,48-,53-,62-/m0/s1. The quantitative estimate of drug-likeness (QED) is 0.0286. The van der Waals surface area contributed by atoms with Crippen molar-refractivity contribution in [2.24, 2.45) is 5.92 Å². The number of amides is 5. The number of aromatic nitrogens is 2. The van der Waals surface area contributed by atoms with Crippen LogP contribution in [0.3, 0.4) is 0 Å². The molecule has 10 rings (SSSR count). The van der Waals surface area contributed by atoms with Gasteiger partial charge >= 0.3 is 24.1 Å². The van der Waals surface area contributed by atoms with Crippen LogP contribution in [-0.2, 0) is 74.7 Å². The molecule has 2 aromatic heterocycles. The number of pyridine rings is 2. The number of aryl methyl sites for hydroxylation is 1. The number of alkyl carbamates (subject to hydrolysis) is 2. The smallest absolute Gasteiger partial charge is 0.407 e. The Kier molecular flexibility index (Phi) is 16.0.